The van der Waals surface area contributed by atoms with Crippen molar-refractivity contribution in [2.75, 3.05) is 46.4 Å². The molecule has 1 spiro atoms. The van der Waals surface area contributed by atoms with Crippen LogP contribution in [0.25, 0.3) is 0 Å². The van der Waals surface area contributed by atoms with Crippen molar-refractivity contribution in [3.63, 3.8) is 0 Å². The van der Waals surface area contributed by atoms with Crippen LogP contribution in [-0.4, -0.2) is 78.8 Å². The highest BCUT2D eigenvalue weighted by Crippen LogP contribution is 2.35. The zero-order valence-corrected chi connectivity index (χ0v) is 16.8. The third-order valence-corrected chi connectivity index (χ3v) is 6.96. The fraction of sp³-hybridized carbons (Fsp3) is 0.682. The first-order valence-corrected chi connectivity index (χ1v) is 10.5. The zero-order chi connectivity index (χ0) is 18.9. The maximum absolute atomic E-state index is 12.2. The molecule has 0 N–H and O–H groups in total. The lowest BCUT2D eigenvalue weighted by Crippen LogP contribution is -2.66. The van der Waals surface area contributed by atoms with Crippen LogP contribution in [-0.2, 0) is 17.6 Å². The van der Waals surface area contributed by atoms with Gasteiger partial charge in [0.25, 0.3) is 0 Å². The monoisotopic (exact) mass is 371 g/mol. The Morgan fingerprint density at radius 2 is 1.78 bits per heavy atom. The minimum Gasteiger partial charge on any atom is -0.449 e. The summed E-state index contributed by atoms with van der Waals surface area (Å²) in [5.74, 6) is 0. The first-order chi connectivity index (χ1) is 13.1. The molecule has 0 atom stereocenters. The number of likely N-dealkylation sites (tertiary alicyclic amines) is 1. The molecule has 148 valence electrons. The van der Waals surface area contributed by atoms with Crippen molar-refractivity contribution >= 4 is 6.09 Å². The number of carbonyl (C=O) groups is 1. The van der Waals surface area contributed by atoms with Gasteiger partial charge >= 0.3 is 6.09 Å². The van der Waals surface area contributed by atoms with E-state index >= 15 is 0 Å². The van der Waals surface area contributed by atoms with Gasteiger partial charge in [0.05, 0.1) is 6.61 Å². The van der Waals surface area contributed by atoms with Gasteiger partial charge in [-0.3, -0.25) is 9.80 Å². The number of ether oxygens (including phenoxy) is 1. The molecule has 4 rings (SSSR count). The number of fused-ring (bicyclic) bond motifs is 1. The summed E-state index contributed by atoms with van der Waals surface area (Å²) in [6, 6.07) is 9.56. The average Bonchev–Trinajstić information content (AvgIpc) is 3.13. The van der Waals surface area contributed by atoms with Crippen LogP contribution in [0.4, 0.5) is 4.79 Å². The first-order valence-electron chi connectivity index (χ1n) is 10.5. The van der Waals surface area contributed by atoms with Crippen molar-refractivity contribution in [1.82, 2.24) is 14.7 Å². The standard InChI is InChI=1S/C22H33N3O2/c1-3-14-27-21(26)24-10-8-22(9-11-24)17-25(13-12-23(22)2)20-15-18-6-4-5-7-19(18)16-20/h4-7,20H,3,8-17H2,1-2H3. The number of hydrogen-bond donors (Lipinski definition) is 0. The predicted molar refractivity (Wildman–Crippen MR) is 107 cm³/mol. The molecule has 5 heteroatoms. The van der Waals surface area contributed by atoms with Crippen LogP contribution in [0.5, 0.6) is 0 Å². The molecule has 0 saturated carbocycles. The average molecular weight is 372 g/mol. The quantitative estimate of drug-likeness (QED) is 0.819. The van der Waals surface area contributed by atoms with Crippen molar-refractivity contribution in [2.45, 2.75) is 50.6 Å². The Kier molecular flexibility index (Phi) is 5.42. The van der Waals surface area contributed by atoms with Crippen LogP contribution in [0, 0.1) is 0 Å². The molecule has 1 amide bonds. The number of piperazine rings is 1. The highest BCUT2D eigenvalue weighted by molar-refractivity contribution is 5.67. The molecular formula is C22H33N3O2. The van der Waals surface area contributed by atoms with Crippen molar-refractivity contribution in [2.24, 2.45) is 0 Å². The molecule has 27 heavy (non-hydrogen) atoms. The molecule has 0 bridgehead atoms. The summed E-state index contributed by atoms with van der Waals surface area (Å²) in [5.41, 5.74) is 3.27. The minimum atomic E-state index is -0.131. The fourth-order valence-electron chi connectivity index (χ4n) is 5.12. The van der Waals surface area contributed by atoms with Crippen LogP contribution in [0.2, 0.25) is 0 Å². The maximum Gasteiger partial charge on any atom is 0.409 e. The van der Waals surface area contributed by atoms with Crippen LogP contribution in [0.3, 0.4) is 0 Å². The third-order valence-electron chi connectivity index (χ3n) is 6.96. The minimum absolute atomic E-state index is 0.131. The molecule has 2 fully saturated rings. The van der Waals surface area contributed by atoms with E-state index in [0.29, 0.717) is 12.6 Å². The van der Waals surface area contributed by atoms with Crippen LogP contribution >= 0.6 is 0 Å². The summed E-state index contributed by atoms with van der Waals surface area (Å²) < 4.78 is 5.33. The SMILES string of the molecule is CCCOC(=O)N1CCC2(CC1)CN(C1Cc3ccccc3C1)CCN2C. The summed E-state index contributed by atoms with van der Waals surface area (Å²) in [6.07, 6.45) is 5.21. The first kappa shape index (κ1) is 18.8. The van der Waals surface area contributed by atoms with E-state index in [-0.39, 0.29) is 11.6 Å². The Morgan fingerprint density at radius 1 is 1.11 bits per heavy atom. The number of piperidine rings is 1. The van der Waals surface area contributed by atoms with Gasteiger partial charge in [-0.05, 0) is 50.3 Å². The molecule has 1 aromatic carbocycles. The normalized spacial score (nSPS) is 23.6. The van der Waals surface area contributed by atoms with E-state index in [9.17, 15) is 4.79 Å². The summed E-state index contributed by atoms with van der Waals surface area (Å²) in [7, 11) is 2.27. The molecule has 0 radical (unpaired) electrons. The Bertz CT molecular complexity index is 644. The van der Waals surface area contributed by atoms with Crippen molar-refractivity contribution in [3.8, 4) is 0 Å². The second-order valence-electron chi connectivity index (χ2n) is 8.55. The van der Waals surface area contributed by atoms with Crippen LogP contribution < -0.4 is 0 Å². The lowest BCUT2D eigenvalue weighted by molar-refractivity contribution is -0.0383. The van der Waals surface area contributed by atoms with Crippen molar-refractivity contribution < 1.29 is 9.53 Å². The maximum atomic E-state index is 12.2. The highest BCUT2D eigenvalue weighted by Gasteiger charge is 2.44. The lowest BCUT2D eigenvalue weighted by Gasteiger charge is -2.54. The third kappa shape index (κ3) is 3.72. The highest BCUT2D eigenvalue weighted by atomic mass is 16.6. The van der Waals surface area contributed by atoms with E-state index in [2.05, 4.69) is 41.1 Å². The molecular weight excluding hydrogens is 338 g/mol. The summed E-state index contributed by atoms with van der Waals surface area (Å²) in [6.45, 7) is 7.57. The van der Waals surface area contributed by atoms with Gasteiger partial charge in [-0.25, -0.2) is 4.79 Å². The number of rotatable bonds is 3. The number of hydrogen-bond acceptors (Lipinski definition) is 4. The van der Waals surface area contributed by atoms with Crippen molar-refractivity contribution in [1.29, 1.82) is 0 Å². The molecule has 5 nitrogen and oxygen atoms in total. The van der Waals surface area contributed by atoms with Gasteiger partial charge in [0.2, 0.25) is 0 Å². The Balaban J connectivity index is 1.38. The van der Waals surface area contributed by atoms with Gasteiger partial charge < -0.3 is 9.64 Å². The topological polar surface area (TPSA) is 36.0 Å². The smallest absolute Gasteiger partial charge is 0.409 e. The van der Waals surface area contributed by atoms with Crippen molar-refractivity contribution in [3.05, 3.63) is 35.4 Å². The van der Waals surface area contributed by atoms with E-state index in [4.69, 9.17) is 4.74 Å². The number of benzene rings is 1. The second kappa shape index (κ2) is 7.80. The molecule has 0 aromatic heterocycles. The largest absolute Gasteiger partial charge is 0.449 e. The lowest BCUT2D eigenvalue weighted by atomic mass is 9.83. The van der Waals surface area contributed by atoms with Gasteiger partial charge in [-0.1, -0.05) is 31.2 Å². The zero-order valence-electron chi connectivity index (χ0n) is 16.8. The second-order valence-corrected chi connectivity index (χ2v) is 8.55. The number of likely N-dealkylation sites (N-methyl/N-ethyl adjacent to an activating group) is 1. The van der Waals surface area contributed by atoms with E-state index in [1.54, 1.807) is 0 Å². The fourth-order valence-corrected chi connectivity index (χ4v) is 5.12. The van der Waals surface area contributed by atoms with E-state index in [0.717, 1.165) is 52.0 Å². The molecule has 1 aromatic rings. The molecule has 2 heterocycles. The molecule has 0 unspecified atom stereocenters. The van der Waals surface area contributed by atoms with Gasteiger partial charge in [-0.15, -0.1) is 0 Å². The Morgan fingerprint density at radius 3 is 2.41 bits per heavy atom. The molecule has 1 aliphatic carbocycles. The molecule has 2 aliphatic heterocycles. The van der Waals surface area contributed by atoms with Gasteiger partial charge in [0.15, 0.2) is 0 Å². The number of amides is 1. The molecule has 2 saturated heterocycles. The van der Waals surface area contributed by atoms with Gasteiger partial charge in [-0.2, -0.15) is 0 Å². The molecule has 3 aliphatic rings. The number of carbonyl (C=O) groups excluding carboxylic acids is 1. The number of nitrogens with zero attached hydrogens (tertiary/aromatic N) is 3. The Labute approximate surface area is 163 Å². The van der Waals surface area contributed by atoms with E-state index in [1.165, 1.54) is 24.0 Å². The Hall–Kier alpha value is -1.59. The van der Waals surface area contributed by atoms with E-state index < -0.39 is 0 Å². The summed E-state index contributed by atoms with van der Waals surface area (Å²) in [5, 5.41) is 0. The van der Waals surface area contributed by atoms with Crippen LogP contribution in [0.1, 0.15) is 37.3 Å². The van der Waals surface area contributed by atoms with Gasteiger partial charge in [0, 0.05) is 44.3 Å². The summed E-state index contributed by atoms with van der Waals surface area (Å²) >= 11 is 0. The van der Waals surface area contributed by atoms with Crippen LogP contribution in [0.15, 0.2) is 24.3 Å². The predicted octanol–water partition coefficient (Wildman–Crippen LogP) is 2.78. The summed E-state index contributed by atoms with van der Waals surface area (Å²) in [4.78, 5) is 19.4. The van der Waals surface area contributed by atoms with E-state index in [1.807, 2.05) is 11.8 Å². The van der Waals surface area contributed by atoms with Gasteiger partial charge in [0.1, 0.15) is 0 Å².